The van der Waals surface area contributed by atoms with Crippen LogP contribution >= 0.6 is 0 Å². The number of halogens is 1. The number of hydrogen-bond acceptors (Lipinski definition) is 3. The summed E-state index contributed by atoms with van der Waals surface area (Å²) in [5, 5.41) is 7.21. The van der Waals surface area contributed by atoms with Gasteiger partial charge in [-0.3, -0.25) is 14.5 Å². The van der Waals surface area contributed by atoms with Crippen molar-refractivity contribution in [3.05, 3.63) is 89.0 Å². The van der Waals surface area contributed by atoms with Crippen molar-refractivity contribution >= 4 is 12.1 Å². The maximum atomic E-state index is 13.2. The summed E-state index contributed by atoms with van der Waals surface area (Å²) < 4.78 is 14.9. The molecule has 5 nitrogen and oxygen atoms in total. The number of rotatable bonds is 6. The molecule has 0 radical (unpaired) electrons. The maximum absolute atomic E-state index is 13.2. The number of allylic oxidation sites excluding steroid dienone is 1. The van der Waals surface area contributed by atoms with E-state index in [1.54, 1.807) is 35.1 Å². The fourth-order valence-electron chi connectivity index (χ4n) is 3.43. The molecule has 0 saturated carbocycles. The summed E-state index contributed by atoms with van der Waals surface area (Å²) in [6.07, 6.45) is 9.42. The van der Waals surface area contributed by atoms with E-state index in [2.05, 4.69) is 33.3 Å². The molecule has 2 aromatic carbocycles. The predicted octanol–water partition coefficient (Wildman–Crippen LogP) is 4.15. The van der Waals surface area contributed by atoms with E-state index in [0.717, 1.165) is 30.5 Å². The van der Waals surface area contributed by atoms with Gasteiger partial charge < -0.3 is 5.32 Å². The zero-order valence-corrected chi connectivity index (χ0v) is 17.8. The molecule has 0 bridgehead atoms. The van der Waals surface area contributed by atoms with Crippen LogP contribution in [0.4, 0.5) is 4.39 Å². The SMILES string of the molecule is Cn1cc(-c2ccc(C(=O)NCCCC3=CCN=C3)cc2C#Cc2ccc(F)cc2)cn1. The minimum absolute atomic E-state index is 0.137. The molecule has 32 heavy (non-hydrogen) atoms. The van der Waals surface area contributed by atoms with Crippen molar-refractivity contribution in [2.24, 2.45) is 12.0 Å². The van der Waals surface area contributed by atoms with Crippen LogP contribution in [0.25, 0.3) is 11.1 Å². The van der Waals surface area contributed by atoms with Crippen LogP contribution in [0.15, 0.2) is 71.5 Å². The molecule has 4 rings (SSSR count). The van der Waals surface area contributed by atoms with Crippen LogP contribution in [-0.2, 0) is 7.05 Å². The summed E-state index contributed by atoms with van der Waals surface area (Å²) in [4.78, 5) is 16.9. The van der Waals surface area contributed by atoms with Gasteiger partial charge in [-0.05, 0) is 54.8 Å². The maximum Gasteiger partial charge on any atom is 0.251 e. The number of hydrogen-bond donors (Lipinski definition) is 1. The molecule has 1 aromatic heterocycles. The van der Waals surface area contributed by atoms with Crippen LogP contribution in [0.5, 0.6) is 0 Å². The molecule has 0 unspecified atom stereocenters. The number of aromatic nitrogens is 2. The highest BCUT2D eigenvalue weighted by Gasteiger charge is 2.11. The third-order valence-corrected chi connectivity index (χ3v) is 5.13. The Balaban J connectivity index is 1.53. The van der Waals surface area contributed by atoms with Crippen molar-refractivity contribution < 1.29 is 9.18 Å². The zero-order chi connectivity index (χ0) is 22.3. The van der Waals surface area contributed by atoms with Gasteiger partial charge in [-0.1, -0.05) is 24.0 Å². The van der Waals surface area contributed by atoms with Crippen LogP contribution in [0, 0.1) is 17.7 Å². The second-order valence-corrected chi connectivity index (χ2v) is 7.55. The summed E-state index contributed by atoms with van der Waals surface area (Å²) >= 11 is 0. The van der Waals surface area contributed by atoms with Crippen LogP contribution in [0.3, 0.4) is 0 Å². The Morgan fingerprint density at radius 3 is 2.75 bits per heavy atom. The van der Waals surface area contributed by atoms with Gasteiger partial charge in [0.15, 0.2) is 0 Å². The monoisotopic (exact) mass is 426 g/mol. The number of nitrogens with one attached hydrogen (secondary N) is 1. The minimum Gasteiger partial charge on any atom is -0.352 e. The number of aryl methyl sites for hydroxylation is 1. The van der Waals surface area contributed by atoms with E-state index >= 15 is 0 Å². The highest BCUT2D eigenvalue weighted by molar-refractivity contribution is 5.95. The molecule has 1 aliphatic rings. The summed E-state index contributed by atoms with van der Waals surface area (Å²) in [6, 6.07) is 11.5. The third-order valence-electron chi connectivity index (χ3n) is 5.13. The Morgan fingerprint density at radius 1 is 1.19 bits per heavy atom. The number of amides is 1. The fraction of sp³-hybridized carbons (Fsp3) is 0.192. The smallest absolute Gasteiger partial charge is 0.251 e. The molecule has 0 atom stereocenters. The van der Waals surface area contributed by atoms with Crippen LogP contribution in [0.1, 0.15) is 34.3 Å². The zero-order valence-electron chi connectivity index (χ0n) is 17.8. The van der Waals surface area contributed by atoms with Gasteiger partial charge >= 0.3 is 0 Å². The normalized spacial score (nSPS) is 12.2. The fourth-order valence-corrected chi connectivity index (χ4v) is 3.43. The quantitative estimate of drug-likeness (QED) is 0.476. The van der Waals surface area contributed by atoms with Gasteiger partial charge in [0.1, 0.15) is 5.82 Å². The van der Waals surface area contributed by atoms with Gasteiger partial charge in [-0.25, -0.2) is 4.39 Å². The van der Waals surface area contributed by atoms with Crippen molar-refractivity contribution in [2.75, 3.05) is 13.1 Å². The molecule has 160 valence electrons. The molecule has 0 aliphatic carbocycles. The summed E-state index contributed by atoms with van der Waals surface area (Å²) in [5.41, 5.74) is 4.97. The Hall–Kier alpha value is -3.98. The minimum atomic E-state index is -0.304. The first-order valence-electron chi connectivity index (χ1n) is 10.5. The van der Waals surface area contributed by atoms with Crippen molar-refractivity contribution in [1.29, 1.82) is 0 Å². The van der Waals surface area contributed by atoms with Gasteiger partial charge in [0.2, 0.25) is 0 Å². The Bertz CT molecular complexity index is 1240. The van der Waals surface area contributed by atoms with Crippen LogP contribution in [0.2, 0.25) is 0 Å². The van der Waals surface area contributed by atoms with E-state index in [-0.39, 0.29) is 11.7 Å². The Labute approximate surface area is 186 Å². The lowest BCUT2D eigenvalue weighted by atomic mass is 9.99. The average molecular weight is 426 g/mol. The molecule has 0 fully saturated rings. The van der Waals surface area contributed by atoms with Gasteiger partial charge in [-0.2, -0.15) is 5.10 Å². The summed E-state index contributed by atoms with van der Waals surface area (Å²) in [6.45, 7) is 1.34. The van der Waals surface area contributed by atoms with E-state index in [1.165, 1.54) is 17.7 Å². The Kier molecular flexibility index (Phi) is 6.57. The first kappa shape index (κ1) is 21.3. The topological polar surface area (TPSA) is 59.3 Å². The number of aliphatic imine (C=N–C) groups is 1. The molecule has 0 spiro atoms. The largest absolute Gasteiger partial charge is 0.352 e. The van der Waals surface area contributed by atoms with Crippen LogP contribution in [-0.4, -0.2) is 35.0 Å². The number of carbonyl (C=O) groups excluding carboxylic acids is 1. The molecule has 2 heterocycles. The Morgan fingerprint density at radius 2 is 2.03 bits per heavy atom. The van der Waals surface area contributed by atoms with Crippen molar-refractivity contribution in [3.63, 3.8) is 0 Å². The molecular formula is C26H23FN4O. The molecule has 3 aromatic rings. The standard InChI is InChI=1S/C26H23FN4O/c1-31-18-23(17-30-31)25-11-8-22(26(32)29-13-2-3-20-12-14-28-16-20)15-21(25)7-4-19-5-9-24(27)10-6-19/h5-6,8-12,15-18H,2-3,13-14H2,1H3,(H,29,32). The van der Waals surface area contributed by atoms with Gasteiger partial charge in [0.05, 0.1) is 12.7 Å². The van der Waals surface area contributed by atoms with Crippen molar-refractivity contribution in [3.8, 4) is 23.0 Å². The summed E-state index contributed by atoms with van der Waals surface area (Å²) in [7, 11) is 1.85. The first-order valence-corrected chi connectivity index (χ1v) is 10.5. The van der Waals surface area contributed by atoms with Crippen LogP contribution < -0.4 is 5.32 Å². The molecule has 1 aliphatic heterocycles. The molecule has 1 amide bonds. The highest BCUT2D eigenvalue weighted by Crippen LogP contribution is 2.24. The van der Waals surface area contributed by atoms with E-state index in [9.17, 15) is 9.18 Å². The third kappa shape index (κ3) is 5.38. The van der Waals surface area contributed by atoms with E-state index < -0.39 is 0 Å². The lowest BCUT2D eigenvalue weighted by molar-refractivity contribution is 0.0953. The molecule has 1 N–H and O–H groups in total. The van der Waals surface area contributed by atoms with E-state index in [1.807, 2.05) is 25.5 Å². The van der Waals surface area contributed by atoms with Gasteiger partial charge in [0, 0.05) is 53.8 Å². The van der Waals surface area contributed by atoms with Crippen molar-refractivity contribution in [2.45, 2.75) is 12.8 Å². The number of nitrogens with zero attached hydrogens (tertiary/aromatic N) is 3. The molecule has 0 saturated heterocycles. The van der Waals surface area contributed by atoms with Crippen molar-refractivity contribution in [1.82, 2.24) is 15.1 Å². The second kappa shape index (κ2) is 9.88. The lowest BCUT2D eigenvalue weighted by Gasteiger charge is -2.08. The average Bonchev–Trinajstić information content (AvgIpc) is 3.48. The van der Waals surface area contributed by atoms with E-state index in [4.69, 9.17) is 0 Å². The molecular weight excluding hydrogens is 403 g/mol. The highest BCUT2D eigenvalue weighted by atomic mass is 19.1. The first-order chi connectivity index (χ1) is 15.6. The lowest BCUT2D eigenvalue weighted by Crippen LogP contribution is -2.24. The number of benzene rings is 2. The second-order valence-electron chi connectivity index (χ2n) is 7.55. The molecule has 6 heteroatoms. The van der Waals surface area contributed by atoms with E-state index in [0.29, 0.717) is 23.2 Å². The predicted molar refractivity (Wildman–Crippen MR) is 124 cm³/mol. The van der Waals surface area contributed by atoms with Gasteiger partial charge in [-0.15, -0.1) is 0 Å². The number of carbonyl (C=O) groups is 1. The summed E-state index contributed by atoms with van der Waals surface area (Å²) in [5.74, 6) is 5.76. The van der Waals surface area contributed by atoms with Gasteiger partial charge in [0.25, 0.3) is 5.91 Å².